The monoisotopic (exact) mass is 274 g/mol. The summed E-state index contributed by atoms with van der Waals surface area (Å²) in [5.74, 6) is 0.0109. The van der Waals surface area contributed by atoms with Crippen LogP contribution in [0.25, 0.3) is 0 Å². The van der Waals surface area contributed by atoms with Crippen LogP contribution in [-0.2, 0) is 0 Å². The van der Waals surface area contributed by atoms with E-state index in [-0.39, 0.29) is 5.91 Å². The Hall–Kier alpha value is -1.62. The number of likely N-dealkylation sites (tertiary alicyclic amines) is 2. The number of pyridine rings is 1. The molecule has 3 heterocycles. The molecule has 1 unspecified atom stereocenters. The van der Waals surface area contributed by atoms with Gasteiger partial charge < -0.3 is 10.6 Å². The van der Waals surface area contributed by atoms with Gasteiger partial charge in [-0.05, 0) is 44.5 Å². The zero-order valence-electron chi connectivity index (χ0n) is 11.8. The van der Waals surface area contributed by atoms with Crippen LogP contribution in [0.1, 0.15) is 36.2 Å². The highest BCUT2D eigenvalue weighted by molar-refractivity contribution is 5.93. The maximum absolute atomic E-state index is 12.4. The molecule has 0 spiro atoms. The third kappa shape index (κ3) is 2.77. The van der Waals surface area contributed by atoms with Gasteiger partial charge in [0.15, 0.2) is 0 Å². The second-order valence-corrected chi connectivity index (χ2v) is 5.76. The Morgan fingerprint density at radius 1 is 1.25 bits per heavy atom. The van der Waals surface area contributed by atoms with E-state index in [1.165, 1.54) is 32.4 Å². The minimum absolute atomic E-state index is 0.0109. The average Bonchev–Trinajstić information content (AvgIpc) is 2.97. The fourth-order valence-corrected chi connectivity index (χ4v) is 3.23. The maximum atomic E-state index is 12.4. The molecule has 1 aromatic rings. The first kappa shape index (κ1) is 13.4. The molecule has 2 N–H and O–H groups in total. The fraction of sp³-hybridized carbons (Fsp3) is 0.600. The summed E-state index contributed by atoms with van der Waals surface area (Å²) in [7, 11) is 0. The molecule has 0 aromatic carbocycles. The maximum Gasteiger partial charge on any atom is 0.272 e. The number of piperidine rings is 1. The Morgan fingerprint density at radius 3 is 2.80 bits per heavy atom. The van der Waals surface area contributed by atoms with Crippen molar-refractivity contribution in [2.24, 2.45) is 0 Å². The molecule has 0 saturated carbocycles. The molecule has 108 valence electrons. The second-order valence-electron chi connectivity index (χ2n) is 5.76. The van der Waals surface area contributed by atoms with Crippen molar-refractivity contribution < 1.29 is 4.79 Å². The summed E-state index contributed by atoms with van der Waals surface area (Å²) in [5.41, 5.74) is 6.78. The molecule has 3 rings (SSSR count). The molecule has 2 aliphatic heterocycles. The van der Waals surface area contributed by atoms with Crippen LogP contribution in [0.3, 0.4) is 0 Å². The van der Waals surface area contributed by atoms with Crippen LogP contribution in [-0.4, -0.2) is 52.9 Å². The molecule has 0 bridgehead atoms. The molecule has 2 saturated heterocycles. The van der Waals surface area contributed by atoms with Gasteiger partial charge in [0, 0.05) is 31.0 Å². The van der Waals surface area contributed by atoms with Crippen molar-refractivity contribution in [2.75, 3.05) is 31.9 Å². The van der Waals surface area contributed by atoms with E-state index in [1.54, 1.807) is 18.3 Å². The number of anilines is 1. The molecule has 5 nitrogen and oxygen atoms in total. The van der Waals surface area contributed by atoms with E-state index in [0.29, 0.717) is 17.4 Å². The number of carbonyl (C=O) groups excluding carboxylic acids is 1. The predicted molar refractivity (Wildman–Crippen MR) is 78.4 cm³/mol. The molecular weight excluding hydrogens is 252 g/mol. The average molecular weight is 274 g/mol. The Kier molecular flexibility index (Phi) is 3.87. The summed E-state index contributed by atoms with van der Waals surface area (Å²) in [6, 6.07) is 3.90. The van der Waals surface area contributed by atoms with Crippen LogP contribution in [0.4, 0.5) is 5.69 Å². The lowest BCUT2D eigenvalue weighted by Gasteiger charge is -2.32. The number of aromatic nitrogens is 1. The second kappa shape index (κ2) is 5.79. The predicted octanol–water partition coefficient (Wildman–Crippen LogP) is 1.36. The summed E-state index contributed by atoms with van der Waals surface area (Å²) in [5, 5.41) is 0. The first-order chi connectivity index (χ1) is 9.74. The van der Waals surface area contributed by atoms with Crippen molar-refractivity contribution >= 4 is 11.6 Å². The number of carbonyl (C=O) groups is 1. The zero-order chi connectivity index (χ0) is 13.9. The Morgan fingerprint density at radius 2 is 2.05 bits per heavy atom. The minimum Gasteiger partial charge on any atom is -0.399 e. The van der Waals surface area contributed by atoms with E-state index in [1.807, 2.05) is 4.90 Å². The highest BCUT2D eigenvalue weighted by Gasteiger charge is 2.31. The molecule has 1 atom stereocenters. The summed E-state index contributed by atoms with van der Waals surface area (Å²) in [4.78, 5) is 21.0. The molecule has 2 fully saturated rings. The smallest absolute Gasteiger partial charge is 0.272 e. The number of nitrogens with zero attached hydrogens (tertiary/aromatic N) is 3. The zero-order valence-corrected chi connectivity index (χ0v) is 11.8. The quantitative estimate of drug-likeness (QED) is 0.884. The van der Waals surface area contributed by atoms with Crippen LogP contribution in [0, 0.1) is 0 Å². The lowest BCUT2D eigenvalue weighted by atomic mass is 10.1. The van der Waals surface area contributed by atoms with Gasteiger partial charge in [0.05, 0.1) is 0 Å². The van der Waals surface area contributed by atoms with Crippen LogP contribution in [0.2, 0.25) is 0 Å². The first-order valence-corrected chi connectivity index (χ1v) is 7.49. The summed E-state index contributed by atoms with van der Waals surface area (Å²) >= 11 is 0. The topological polar surface area (TPSA) is 62.5 Å². The van der Waals surface area contributed by atoms with Crippen molar-refractivity contribution in [3.8, 4) is 0 Å². The van der Waals surface area contributed by atoms with Crippen molar-refractivity contribution in [1.82, 2.24) is 14.8 Å². The Balaban J connectivity index is 1.63. The van der Waals surface area contributed by atoms with Gasteiger partial charge in [0.25, 0.3) is 5.91 Å². The lowest BCUT2D eigenvalue weighted by Crippen LogP contribution is -2.41. The van der Waals surface area contributed by atoms with Crippen LogP contribution >= 0.6 is 0 Å². The van der Waals surface area contributed by atoms with E-state index in [4.69, 9.17) is 5.73 Å². The number of hydrogen-bond acceptors (Lipinski definition) is 4. The molecule has 0 radical (unpaired) electrons. The molecular formula is C15H22N4O. The number of nitrogens with two attached hydrogens (primary N) is 1. The van der Waals surface area contributed by atoms with E-state index in [9.17, 15) is 4.79 Å². The summed E-state index contributed by atoms with van der Waals surface area (Å²) in [6.45, 7) is 4.03. The lowest BCUT2D eigenvalue weighted by molar-refractivity contribution is 0.0766. The Labute approximate surface area is 119 Å². The number of rotatable bonds is 2. The van der Waals surface area contributed by atoms with Gasteiger partial charge in [-0.25, -0.2) is 0 Å². The number of hydrogen-bond donors (Lipinski definition) is 1. The first-order valence-electron chi connectivity index (χ1n) is 7.49. The van der Waals surface area contributed by atoms with Gasteiger partial charge in [-0.2, -0.15) is 0 Å². The highest BCUT2D eigenvalue weighted by atomic mass is 16.2. The van der Waals surface area contributed by atoms with Crippen molar-refractivity contribution in [3.63, 3.8) is 0 Å². The van der Waals surface area contributed by atoms with E-state index in [0.717, 1.165) is 19.5 Å². The number of amides is 1. The van der Waals surface area contributed by atoms with Gasteiger partial charge in [-0.3, -0.25) is 14.7 Å². The summed E-state index contributed by atoms with van der Waals surface area (Å²) < 4.78 is 0. The summed E-state index contributed by atoms with van der Waals surface area (Å²) in [6.07, 6.45) is 6.61. The van der Waals surface area contributed by atoms with Crippen LogP contribution in [0.15, 0.2) is 18.3 Å². The van der Waals surface area contributed by atoms with Crippen molar-refractivity contribution in [2.45, 2.75) is 31.7 Å². The Bertz CT molecular complexity index is 485. The fourth-order valence-electron chi connectivity index (χ4n) is 3.23. The third-order valence-corrected chi connectivity index (χ3v) is 4.36. The van der Waals surface area contributed by atoms with Gasteiger partial charge >= 0.3 is 0 Å². The standard InChI is InChI=1S/C15H22N4O/c16-12-4-6-17-14(10-12)15(20)19-9-5-13(11-19)18-7-2-1-3-8-18/h4,6,10,13H,1-3,5,7-9,11H2,(H2,16,17). The SMILES string of the molecule is Nc1ccnc(C(=O)N2CCC(N3CCCCC3)C2)c1. The number of nitrogen functional groups attached to an aromatic ring is 1. The third-order valence-electron chi connectivity index (χ3n) is 4.36. The van der Waals surface area contributed by atoms with Crippen LogP contribution < -0.4 is 5.73 Å². The molecule has 1 amide bonds. The van der Waals surface area contributed by atoms with E-state index in [2.05, 4.69) is 9.88 Å². The van der Waals surface area contributed by atoms with E-state index >= 15 is 0 Å². The van der Waals surface area contributed by atoms with Gasteiger partial charge in [-0.1, -0.05) is 6.42 Å². The molecule has 5 heteroatoms. The highest BCUT2D eigenvalue weighted by Crippen LogP contribution is 2.21. The normalized spacial score (nSPS) is 24.0. The molecule has 20 heavy (non-hydrogen) atoms. The van der Waals surface area contributed by atoms with Crippen molar-refractivity contribution in [1.29, 1.82) is 0 Å². The van der Waals surface area contributed by atoms with Gasteiger partial charge in [-0.15, -0.1) is 0 Å². The molecule has 2 aliphatic rings. The van der Waals surface area contributed by atoms with Crippen molar-refractivity contribution in [3.05, 3.63) is 24.0 Å². The molecule has 0 aliphatic carbocycles. The van der Waals surface area contributed by atoms with Gasteiger partial charge in [0.2, 0.25) is 0 Å². The van der Waals surface area contributed by atoms with Gasteiger partial charge in [0.1, 0.15) is 5.69 Å². The largest absolute Gasteiger partial charge is 0.399 e. The van der Waals surface area contributed by atoms with Crippen LogP contribution in [0.5, 0.6) is 0 Å². The molecule has 1 aromatic heterocycles. The van der Waals surface area contributed by atoms with E-state index < -0.39 is 0 Å². The minimum atomic E-state index is 0.0109.